The number of halogens is 2. The van der Waals surface area contributed by atoms with Gasteiger partial charge in [0.1, 0.15) is 5.82 Å². The highest BCUT2D eigenvalue weighted by atomic mass is 35.5. The molecule has 0 aliphatic heterocycles. The maximum atomic E-state index is 15.1. The number of carbonyl (C=O) groups is 1. The van der Waals surface area contributed by atoms with Gasteiger partial charge in [0.25, 0.3) is 0 Å². The van der Waals surface area contributed by atoms with Crippen LogP contribution < -0.4 is 9.47 Å². The zero-order valence-corrected chi connectivity index (χ0v) is 17.9. The molecule has 0 spiro atoms. The van der Waals surface area contributed by atoms with E-state index in [1.807, 2.05) is 0 Å². The molecule has 0 amide bonds. The Hall–Kier alpha value is -3.13. The number of benzene rings is 2. The van der Waals surface area contributed by atoms with E-state index in [0.717, 1.165) is 6.07 Å². The van der Waals surface area contributed by atoms with E-state index in [9.17, 15) is 9.90 Å². The van der Waals surface area contributed by atoms with Crippen molar-refractivity contribution in [2.24, 2.45) is 0 Å². The van der Waals surface area contributed by atoms with Crippen LogP contribution in [0.4, 0.5) is 4.39 Å². The SMILES string of the molecule is COc1cccc(C(=O)c2cc(Cl)cc(F)c2-n2cccc2/C=C/C(O)OC)c1OC. The fourth-order valence-electron chi connectivity index (χ4n) is 3.19. The van der Waals surface area contributed by atoms with Gasteiger partial charge in [-0.05, 0) is 48.6 Å². The zero-order chi connectivity index (χ0) is 22.5. The Labute approximate surface area is 184 Å². The van der Waals surface area contributed by atoms with Crippen molar-refractivity contribution >= 4 is 23.5 Å². The van der Waals surface area contributed by atoms with E-state index < -0.39 is 17.9 Å². The Morgan fingerprint density at radius 2 is 1.90 bits per heavy atom. The highest BCUT2D eigenvalue weighted by molar-refractivity contribution is 6.31. The molecule has 3 aromatic rings. The van der Waals surface area contributed by atoms with Crippen LogP contribution >= 0.6 is 11.6 Å². The van der Waals surface area contributed by atoms with Gasteiger partial charge in [0.2, 0.25) is 0 Å². The third-order valence-corrected chi connectivity index (χ3v) is 4.83. The van der Waals surface area contributed by atoms with Gasteiger partial charge >= 0.3 is 0 Å². The average Bonchev–Trinajstić information content (AvgIpc) is 3.23. The van der Waals surface area contributed by atoms with Crippen molar-refractivity contribution in [2.75, 3.05) is 21.3 Å². The summed E-state index contributed by atoms with van der Waals surface area (Å²) >= 11 is 6.09. The summed E-state index contributed by atoms with van der Waals surface area (Å²) in [5, 5.41) is 9.69. The van der Waals surface area contributed by atoms with Crippen molar-refractivity contribution in [1.29, 1.82) is 0 Å². The lowest BCUT2D eigenvalue weighted by atomic mass is 9.99. The molecule has 6 nitrogen and oxygen atoms in total. The summed E-state index contributed by atoms with van der Waals surface area (Å²) < 4.78 is 32.0. The van der Waals surface area contributed by atoms with Gasteiger partial charge in [-0.2, -0.15) is 0 Å². The van der Waals surface area contributed by atoms with Crippen LogP contribution in [0.1, 0.15) is 21.6 Å². The Balaban J connectivity index is 2.19. The summed E-state index contributed by atoms with van der Waals surface area (Å²) in [5.74, 6) is -0.573. The van der Waals surface area contributed by atoms with Crippen LogP contribution in [0.25, 0.3) is 11.8 Å². The first-order chi connectivity index (χ1) is 14.9. The normalized spacial score (nSPS) is 12.2. The largest absolute Gasteiger partial charge is 0.493 e. The number of methoxy groups -OCH3 is 3. The van der Waals surface area contributed by atoms with Crippen molar-refractivity contribution in [3.05, 3.63) is 82.4 Å². The third kappa shape index (κ3) is 4.64. The van der Waals surface area contributed by atoms with Gasteiger partial charge in [-0.25, -0.2) is 4.39 Å². The van der Waals surface area contributed by atoms with Crippen LogP contribution in [-0.2, 0) is 4.74 Å². The molecule has 1 heterocycles. The van der Waals surface area contributed by atoms with E-state index in [1.54, 1.807) is 42.6 Å². The first-order valence-electron chi connectivity index (χ1n) is 9.22. The van der Waals surface area contributed by atoms with E-state index in [-0.39, 0.29) is 27.6 Å². The van der Waals surface area contributed by atoms with Crippen molar-refractivity contribution in [2.45, 2.75) is 6.29 Å². The fourth-order valence-corrected chi connectivity index (χ4v) is 3.39. The van der Waals surface area contributed by atoms with E-state index in [0.29, 0.717) is 11.4 Å². The van der Waals surface area contributed by atoms with Crippen molar-refractivity contribution in [3.63, 3.8) is 0 Å². The van der Waals surface area contributed by atoms with Gasteiger partial charge in [-0.1, -0.05) is 17.7 Å². The molecule has 0 fully saturated rings. The summed E-state index contributed by atoms with van der Waals surface area (Å²) in [4.78, 5) is 13.5. The second kappa shape index (κ2) is 9.78. The zero-order valence-electron chi connectivity index (χ0n) is 17.1. The number of ether oxygens (including phenoxy) is 3. The standard InChI is InChI=1S/C23H21ClFNO5/c1-29-19-8-4-7-16(23(19)31-3)22(28)17-12-14(24)13-18(25)21(17)26-11-5-6-15(26)9-10-20(27)30-2/h4-13,20,27H,1-3H3/b10-9+. The lowest BCUT2D eigenvalue weighted by Crippen LogP contribution is -2.12. The number of nitrogens with zero attached hydrogens (tertiary/aromatic N) is 1. The molecule has 1 N–H and O–H groups in total. The van der Waals surface area contributed by atoms with E-state index in [2.05, 4.69) is 0 Å². The Kier molecular flexibility index (Phi) is 7.12. The molecule has 0 saturated heterocycles. The quantitative estimate of drug-likeness (QED) is 0.408. The summed E-state index contributed by atoms with van der Waals surface area (Å²) in [6.45, 7) is 0. The molecule has 0 aliphatic rings. The maximum Gasteiger partial charge on any atom is 0.199 e. The van der Waals surface area contributed by atoms with Crippen molar-refractivity contribution < 1.29 is 28.5 Å². The summed E-state index contributed by atoms with van der Waals surface area (Å²) in [6, 6.07) is 10.8. The molecule has 2 aromatic carbocycles. The molecule has 0 saturated carbocycles. The first-order valence-corrected chi connectivity index (χ1v) is 9.60. The smallest absolute Gasteiger partial charge is 0.199 e. The monoisotopic (exact) mass is 445 g/mol. The molecular weight excluding hydrogens is 425 g/mol. The molecule has 31 heavy (non-hydrogen) atoms. The third-order valence-electron chi connectivity index (χ3n) is 4.61. The van der Waals surface area contributed by atoms with Gasteiger partial charge in [0.15, 0.2) is 23.6 Å². The molecule has 0 bridgehead atoms. The highest BCUT2D eigenvalue weighted by Gasteiger charge is 2.24. The number of aliphatic hydroxyl groups is 1. The van der Waals surface area contributed by atoms with Crippen LogP contribution in [0.2, 0.25) is 5.02 Å². The van der Waals surface area contributed by atoms with E-state index in [4.69, 9.17) is 25.8 Å². The number of rotatable bonds is 8. The van der Waals surface area contributed by atoms with Gasteiger partial charge in [0, 0.05) is 24.0 Å². The topological polar surface area (TPSA) is 69.9 Å². The average molecular weight is 446 g/mol. The first kappa shape index (κ1) is 22.6. The van der Waals surface area contributed by atoms with E-state index >= 15 is 4.39 Å². The Morgan fingerprint density at radius 3 is 2.58 bits per heavy atom. The molecule has 1 unspecified atom stereocenters. The molecular formula is C23H21ClFNO5. The Bertz CT molecular complexity index is 1130. The number of hydrogen-bond donors (Lipinski definition) is 1. The highest BCUT2D eigenvalue weighted by Crippen LogP contribution is 2.35. The number of aliphatic hydroxyl groups excluding tert-OH is 1. The van der Waals surface area contributed by atoms with Crippen molar-refractivity contribution in [3.8, 4) is 17.2 Å². The van der Waals surface area contributed by atoms with Gasteiger partial charge < -0.3 is 23.9 Å². The van der Waals surface area contributed by atoms with Gasteiger partial charge in [-0.3, -0.25) is 4.79 Å². The molecule has 1 atom stereocenters. The molecule has 0 aliphatic carbocycles. The molecule has 3 rings (SSSR count). The van der Waals surface area contributed by atoms with Crippen molar-refractivity contribution in [1.82, 2.24) is 4.57 Å². The van der Waals surface area contributed by atoms with Crippen LogP contribution in [0.15, 0.2) is 54.7 Å². The van der Waals surface area contributed by atoms with Gasteiger partial charge in [0.05, 0.1) is 31.0 Å². The number of para-hydroxylation sites is 1. The lowest BCUT2D eigenvalue weighted by molar-refractivity contribution is -0.0350. The fraction of sp³-hybridized carbons (Fsp3) is 0.174. The van der Waals surface area contributed by atoms with E-state index in [1.165, 1.54) is 38.0 Å². The van der Waals surface area contributed by atoms with Crippen LogP contribution in [-0.4, -0.2) is 43.1 Å². The number of carbonyl (C=O) groups excluding carboxylic acids is 1. The summed E-state index contributed by atoms with van der Waals surface area (Å²) in [5.41, 5.74) is 0.762. The number of hydrogen-bond acceptors (Lipinski definition) is 5. The summed E-state index contributed by atoms with van der Waals surface area (Å²) in [7, 11) is 4.23. The lowest BCUT2D eigenvalue weighted by Gasteiger charge is -2.16. The molecule has 0 radical (unpaired) electrons. The minimum absolute atomic E-state index is 0.0100. The molecule has 8 heteroatoms. The predicted octanol–water partition coefficient (Wildman–Crippen LogP) is 4.50. The molecule has 162 valence electrons. The minimum Gasteiger partial charge on any atom is -0.493 e. The summed E-state index contributed by atoms with van der Waals surface area (Å²) in [6.07, 6.45) is 3.43. The van der Waals surface area contributed by atoms with Crippen LogP contribution in [0, 0.1) is 5.82 Å². The Morgan fingerprint density at radius 1 is 1.13 bits per heavy atom. The predicted molar refractivity (Wildman–Crippen MR) is 116 cm³/mol. The minimum atomic E-state index is -1.12. The second-order valence-corrected chi connectivity index (χ2v) is 6.88. The second-order valence-electron chi connectivity index (χ2n) is 6.44. The number of ketones is 1. The van der Waals surface area contributed by atoms with Crippen LogP contribution in [0.5, 0.6) is 11.5 Å². The maximum absolute atomic E-state index is 15.1. The molecule has 1 aromatic heterocycles. The van der Waals surface area contributed by atoms with Gasteiger partial charge in [-0.15, -0.1) is 0 Å². The van der Waals surface area contributed by atoms with Crippen LogP contribution in [0.3, 0.4) is 0 Å². The number of aromatic nitrogens is 1.